The van der Waals surface area contributed by atoms with Gasteiger partial charge >= 0.3 is 0 Å². The number of benzene rings is 1. The number of hydrogen-bond acceptors (Lipinski definition) is 6. The number of rotatable bonds is 11. The van der Waals surface area contributed by atoms with Crippen molar-refractivity contribution in [1.82, 2.24) is 14.5 Å². The summed E-state index contributed by atoms with van der Waals surface area (Å²) in [7, 11) is -2.18. The van der Waals surface area contributed by atoms with Crippen molar-refractivity contribution >= 4 is 15.9 Å². The fraction of sp³-hybridized carbons (Fsp3) is 0.650. The average Bonchev–Trinajstić information content (AvgIpc) is 2.73. The molecule has 1 saturated heterocycles. The first-order valence-electron chi connectivity index (χ1n) is 10.1. The van der Waals surface area contributed by atoms with E-state index in [0.717, 1.165) is 13.1 Å². The molecule has 8 nitrogen and oxygen atoms in total. The Balaban J connectivity index is 2.06. The van der Waals surface area contributed by atoms with Gasteiger partial charge < -0.3 is 19.7 Å². The summed E-state index contributed by atoms with van der Waals surface area (Å²) in [6, 6.07) is 6.31. The predicted octanol–water partition coefficient (Wildman–Crippen LogP) is 1.32. The molecule has 1 N–H and O–H groups in total. The number of amides is 1. The largest absolute Gasteiger partial charge is 0.497 e. The maximum absolute atomic E-state index is 13.2. The second kappa shape index (κ2) is 11.5. The van der Waals surface area contributed by atoms with Gasteiger partial charge in [0, 0.05) is 52.3 Å². The van der Waals surface area contributed by atoms with Crippen LogP contribution in [0.2, 0.25) is 0 Å². The summed E-state index contributed by atoms with van der Waals surface area (Å²) >= 11 is 0. The maximum Gasteiger partial charge on any atom is 0.243 e. The summed E-state index contributed by atoms with van der Waals surface area (Å²) in [5, 5.41) is 3.21. The topological polar surface area (TPSA) is 88.2 Å². The molecule has 0 atom stereocenters. The number of carbonyl (C=O) groups excluding carboxylic acids is 1. The molecule has 1 heterocycles. The van der Waals surface area contributed by atoms with Gasteiger partial charge in [-0.1, -0.05) is 0 Å². The summed E-state index contributed by atoms with van der Waals surface area (Å²) in [6.07, 6.45) is 0.825. The van der Waals surface area contributed by atoms with Crippen molar-refractivity contribution in [3.8, 4) is 5.75 Å². The zero-order chi connectivity index (χ0) is 21.3. The van der Waals surface area contributed by atoms with E-state index in [-0.39, 0.29) is 29.9 Å². The number of nitrogens with zero attached hydrogens (tertiary/aromatic N) is 2. The summed E-state index contributed by atoms with van der Waals surface area (Å²) < 4.78 is 38.4. The minimum absolute atomic E-state index is 0.0140. The lowest BCUT2D eigenvalue weighted by Crippen LogP contribution is -2.47. The van der Waals surface area contributed by atoms with Crippen molar-refractivity contribution in [3.63, 3.8) is 0 Å². The Morgan fingerprint density at radius 2 is 1.83 bits per heavy atom. The van der Waals surface area contributed by atoms with E-state index in [1.807, 2.05) is 13.8 Å². The molecule has 1 aliphatic heterocycles. The monoisotopic (exact) mass is 427 g/mol. The van der Waals surface area contributed by atoms with Gasteiger partial charge in [0.2, 0.25) is 15.9 Å². The smallest absolute Gasteiger partial charge is 0.243 e. The van der Waals surface area contributed by atoms with Crippen molar-refractivity contribution in [2.24, 2.45) is 0 Å². The fourth-order valence-electron chi connectivity index (χ4n) is 3.10. The number of ether oxygens (including phenoxy) is 2. The lowest BCUT2D eigenvalue weighted by molar-refractivity contribution is -0.131. The summed E-state index contributed by atoms with van der Waals surface area (Å²) in [4.78, 5) is 14.5. The first-order chi connectivity index (χ1) is 13.8. The van der Waals surface area contributed by atoms with Gasteiger partial charge in [-0.25, -0.2) is 8.42 Å². The fourth-order valence-corrected chi connectivity index (χ4v) is 4.58. The van der Waals surface area contributed by atoms with Gasteiger partial charge in [-0.05, 0) is 44.5 Å². The first kappa shape index (κ1) is 23.6. The molecule has 0 aliphatic carbocycles. The normalized spacial score (nSPS) is 15.1. The third-order valence-electron chi connectivity index (χ3n) is 4.75. The Labute approximate surface area is 174 Å². The molecule has 2 rings (SSSR count). The molecule has 0 saturated carbocycles. The van der Waals surface area contributed by atoms with Gasteiger partial charge in [-0.3, -0.25) is 4.79 Å². The molecule has 0 bridgehead atoms. The Kier molecular flexibility index (Phi) is 9.35. The summed E-state index contributed by atoms with van der Waals surface area (Å²) in [5.74, 6) is 0.578. The van der Waals surface area contributed by atoms with E-state index in [1.54, 1.807) is 17.0 Å². The van der Waals surface area contributed by atoms with Crippen LogP contribution in [-0.4, -0.2) is 82.6 Å². The van der Waals surface area contributed by atoms with E-state index in [2.05, 4.69) is 5.32 Å². The van der Waals surface area contributed by atoms with Gasteiger partial charge in [0.05, 0.1) is 18.1 Å². The molecule has 0 unspecified atom stereocenters. The van der Waals surface area contributed by atoms with E-state index < -0.39 is 10.0 Å². The Morgan fingerprint density at radius 1 is 1.17 bits per heavy atom. The average molecular weight is 428 g/mol. The van der Waals surface area contributed by atoms with Crippen LogP contribution in [0, 0.1) is 0 Å². The SMILES string of the molecule is COc1ccc(S(=O)(=O)N(CCCOC(C)C)CCC(=O)N2CCNCC2)cc1. The minimum atomic E-state index is -3.71. The first-order valence-corrected chi connectivity index (χ1v) is 11.5. The number of nitrogens with one attached hydrogen (secondary N) is 1. The van der Waals surface area contributed by atoms with Crippen LogP contribution in [0.4, 0.5) is 0 Å². The highest BCUT2D eigenvalue weighted by molar-refractivity contribution is 7.89. The lowest BCUT2D eigenvalue weighted by atomic mass is 10.3. The number of methoxy groups -OCH3 is 1. The van der Waals surface area contributed by atoms with Crippen LogP contribution < -0.4 is 10.1 Å². The molecule has 1 aromatic rings. The standard InChI is InChI=1S/C20H33N3O5S/c1-17(2)28-16-4-12-23(13-9-20(24)22-14-10-21-11-15-22)29(25,26)19-7-5-18(27-3)6-8-19/h5-8,17,21H,4,9-16H2,1-3H3. The Morgan fingerprint density at radius 3 is 2.41 bits per heavy atom. The van der Waals surface area contributed by atoms with E-state index in [4.69, 9.17) is 9.47 Å². The van der Waals surface area contributed by atoms with Crippen LogP contribution in [0.5, 0.6) is 5.75 Å². The number of piperazine rings is 1. The van der Waals surface area contributed by atoms with Crippen LogP contribution in [0.15, 0.2) is 29.2 Å². The zero-order valence-corrected chi connectivity index (χ0v) is 18.4. The summed E-state index contributed by atoms with van der Waals surface area (Å²) in [6.45, 7) is 7.67. The number of hydrogen-bond donors (Lipinski definition) is 1. The van der Waals surface area contributed by atoms with Crippen molar-refractivity contribution in [3.05, 3.63) is 24.3 Å². The maximum atomic E-state index is 13.2. The van der Waals surface area contributed by atoms with Gasteiger partial charge in [-0.2, -0.15) is 4.31 Å². The molecule has 1 amide bonds. The molecule has 0 radical (unpaired) electrons. The van der Waals surface area contributed by atoms with Crippen molar-refractivity contribution in [1.29, 1.82) is 0 Å². The molecule has 0 aromatic heterocycles. The zero-order valence-electron chi connectivity index (χ0n) is 17.6. The van der Waals surface area contributed by atoms with Crippen LogP contribution in [-0.2, 0) is 19.6 Å². The van der Waals surface area contributed by atoms with E-state index in [1.165, 1.54) is 23.5 Å². The minimum Gasteiger partial charge on any atom is -0.497 e. The van der Waals surface area contributed by atoms with Crippen LogP contribution in [0.3, 0.4) is 0 Å². The van der Waals surface area contributed by atoms with Gasteiger partial charge in [0.15, 0.2) is 0 Å². The number of carbonyl (C=O) groups is 1. The van der Waals surface area contributed by atoms with Crippen molar-refractivity contribution in [2.45, 2.75) is 37.7 Å². The summed E-state index contributed by atoms with van der Waals surface area (Å²) in [5.41, 5.74) is 0. The predicted molar refractivity (Wildman–Crippen MR) is 112 cm³/mol. The highest BCUT2D eigenvalue weighted by Gasteiger charge is 2.26. The van der Waals surface area contributed by atoms with Crippen LogP contribution in [0.1, 0.15) is 26.7 Å². The second-order valence-electron chi connectivity index (χ2n) is 7.23. The van der Waals surface area contributed by atoms with Crippen LogP contribution in [0.25, 0.3) is 0 Å². The van der Waals surface area contributed by atoms with E-state index in [9.17, 15) is 13.2 Å². The van der Waals surface area contributed by atoms with Crippen molar-refractivity contribution in [2.75, 3.05) is 53.0 Å². The quantitative estimate of drug-likeness (QED) is 0.536. The van der Waals surface area contributed by atoms with Gasteiger partial charge in [-0.15, -0.1) is 0 Å². The van der Waals surface area contributed by atoms with Gasteiger partial charge in [0.25, 0.3) is 0 Å². The highest BCUT2D eigenvalue weighted by atomic mass is 32.2. The Hall–Kier alpha value is -1.68. The second-order valence-corrected chi connectivity index (χ2v) is 9.17. The molecule has 164 valence electrons. The van der Waals surface area contributed by atoms with Crippen LogP contribution >= 0.6 is 0 Å². The molecular formula is C20H33N3O5S. The highest BCUT2D eigenvalue weighted by Crippen LogP contribution is 2.20. The molecule has 0 spiro atoms. The van der Waals surface area contributed by atoms with E-state index >= 15 is 0 Å². The number of sulfonamides is 1. The third-order valence-corrected chi connectivity index (χ3v) is 6.66. The van der Waals surface area contributed by atoms with Gasteiger partial charge in [0.1, 0.15) is 5.75 Å². The Bertz CT molecular complexity index is 731. The molecule has 1 fully saturated rings. The molecule has 1 aromatic carbocycles. The molecule has 1 aliphatic rings. The molecule has 9 heteroatoms. The lowest BCUT2D eigenvalue weighted by Gasteiger charge is -2.29. The van der Waals surface area contributed by atoms with E-state index in [0.29, 0.717) is 38.4 Å². The molecular weight excluding hydrogens is 394 g/mol. The van der Waals surface area contributed by atoms with Crippen molar-refractivity contribution < 1.29 is 22.7 Å². The molecule has 29 heavy (non-hydrogen) atoms. The third kappa shape index (κ3) is 7.26.